The molecule has 0 radical (unpaired) electrons. The van der Waals surface area contributed by atoms with Gasteiger partial charge in [-0.1, -0.05) is 26.0 Å². The Labute approximate surface area is 187 Å². The summed E-state index contributed by atoms with van der Waals surface area (Å²) in [5.41, 5.74) is 1.29. The van der Waals surface area contributed by atoms with Gasteiger partial charge in [-0.15, -0.1) is 0 Å². The molecular formula is C23H27FN2O5S. The first-order chi connectivity index (χ1) is 15.2. The largest absolute Gasteiger partial charge is 0.347 e. The zero-order chi connectivity index (χ0) is 22.9. The summed E-state index contributed by atoms with van der Waals surface area (Å²) in [6.07, 6.45) is 0.848. The predicted octanol–water partition coefficient (Wildman–Crippen LogP) is 3.73. The van der Waals surface area contributed by atoms with E-state index in [1.165, 1.54) is 10.4 Å². The molecule has 2 fully saturated rings. The average molecular weight is 463 g/mol. The average Bonchev–Trinajstić information content (AvgIpc) is 3.22. The summed E-state index contributed by atoms with van der Waals surface area (Å²) in [7, 11) is -3.89. The molecule has 1 spiro atoms. The molecule has 2 aliphatic heterocycles. The second-order valence-electron chi connectivity index (χ2n) is 8.38. The second-order valence-corrected chi connectivity index (χ2v) is 10.3. The lowest BCUT2D eigenvalue weighted by molar-refractivity contribution is -0.179. The molecule has 0 bridgehead atoms. The van der Waals surface area contributed by atoms with Crippen molar-refractivity contribution < 1.29 is 27.1 Å². The molecule has 9 heteroatoms. The van der Waals surface area contributed by atoms with Crippen LogP contribution in [0.2, 0.25) is 0 Å². The Morgan fingerprint density at radius 1 is 1.06 bits per heavy atom. The zero-order valence-corrected chi connectivity index (χ0v) is 19.0. The van der Waals surface area contributed by atoms with Gasteiger partial charge in [0.2, 0.25) is 10.0 Å². The Morgan fingerprint density at radius 2 is 1.69 bits per heavy atom. The number of sulfonamides is 1. The van der Waals surface area contributed by atoms with Crippen LogP contribution in [0.4, 0.5) is 10.1 Å². The lowest BCUT2D eigenvalue weighted by Gasteiger charge is -2.36. The molecule has 0 unspecified atom stereocenters. The van der Waals surface area contributed by atoms with Gasteiger partial charge in [-0.05, 0) is 41.8 Å². The van der Waals surface area contributed by atoms with E-state index < -0.39 is 27.5 Å². The molecule has 2 heterocycles. The number of hydrogen-bond donors (Lipinski definition) is 1. The molecule has 7 nitrogen and oxygen atoms in total. The fraction of sp³-hybridized carbons (Fsp3) is 0.435. The molecule has 172 valence electrons. The summed E-state index contributed by atoms with van der Waals surface area (Å²) < 4.78 is 53.3. The van der Waals surface area contributed by atoms with Crippen LogP contribution >= 0.6 is 0 Å². The van der Waals surface area contributed by atoms with Gasteiger partial charge in [-0.3, -0.25) is 4.79 Å². The fourth-order valence-electron chi connectivity index (χ4n) is 3.99. The SMILES string of the molecule is CC(C)c1ccc(NC(=O)c2cc(S(=O)(=O)N3CCC4(CC3)OCCO4)ccc2F)cc1. The topological polar surface area (TPSA) is 84.9 Å². The number of hydrogen-bond acceptors (Lipinski definition) is 5. The van der Waals surface area contributed by atoms with Gasteiger partial charge in [0.05, 0.1) is 23.7 Å². The number of rotatable bonds is 5. The molecule has 0 aliphatic carbocycles. The first kappa shape index (κ1) is 22.8. The summed E-state index contributed by atoms with van der Waals surface area (Å²) in [6.45, 7) is 5.58. The van der Waals surface area contributed by atoms with Crippen molar-refractivity contribution in [1.29, 1.82) is 0 Å². The molecule has 2 aromatic rings. The minimum atomic E-state index is -3.89. The highest BCUT2D eigenvalue weighted by atomic mass is 32.2. The maximum atomic E-state index is 14.4. The Morgan fingerprint density at radius 3 is 2.28 bits per heavy atom. The van der Waals surface area contributed by atoms with Crippen molar-refractivity contribution in [3.8, 4) is 0 Å². The van der Waals surface area contributed by atoms with Gasteiger partial charge in [0.15, 0.2) is 5.79 Å². The van der Waals surface area contributed by atoms with Crippen LogP contribution in [0.5, 0.6) is 0 Å². The van der Waals surface area contributed by atoms with Crippen LogP contribution in [-0.4, -0.2) is 50.7 Å². The van der Waals surface area contributed by atoms with E-state index in [9.17, 15) is 17.6 Å². The Balaban J connectivity index is 1.50. The minimum absolute atomic E-state index is 0.122. The van der Waals surface area contributed by atoms with E-state index in [4.69, 9.17) is 9.47 Å². The van der Waals surface area contributed by atoms with E-state index >= 15 is 0 Å². The number of benzene rings is 2. The van der Waals surface area contributed by atoms with Crippen molar-refractivity contribution in [2.24, 2.45) is 0 Å². The van der Waals surface area contributed by atoms with E-state index in [1.54, 1.807) is 12.1 Å². The third-order valence-electron chi connectivity index (χ3n) is 5.95. The van der Waals surface area contributed by atoms with Crippen LogP contribution < -0.4 is 5.32 Å². The quantitative estimate of drug-likeness (QED) is 0.732. The van der Waals surface area contributed by atoms with E-state index in [2.05, 4.69) is 19.2 Å². The van der Waals surface area contributed by atoms with Crippen molar-refractivity contribution in [2.75, 3.05) is 31.6 Å². The lowest BCUT2D eigenvalue weighted by Crippen LogP contribution is -2.47. The van der Waals surface area contributed by atoms with Crippen molar-refractivity contribution in [2.45, 2.75) is 43.3 Å². The maximum Gasteiger partial charge on any atom is 0.258 e. The lowest BCUT2D eigenvalue weighted by atomic mass is 10.0. The molecular weight excluding hydrogens is 435 g/mol. The predicted molar refractivity (Wildman–Crippen MR) is 118 cm³/mol. The number of halogens is 1. The van der Waals surface area contributed by atoms with Gasteiger partial charge in [0.25, 0.3) is 5.91 Å². The van der Waals surface area contributed by atoms with Crippen LogP contribution in [0.3, 0.4) is 0 Å². The van der Waals surface area contributed by atoms with Crippen LogP contribution in [0, 0.1) is 5.82 Å². The highest BCUT2D eigenvalue weighted by molar-refractivity contribution is 7.89. The number of nitrogens with one attached hydrogen (secondary N) is 1. The zero-order valence-electron chi connectivity index (χ0n) is 18.1. The van der Waals surface area contributed by atoms with Crippen LogP contribution in [-0.2, 0) is 19.5 Å². The third kappa shape index (κ3) is 4.56. The molecule has 1 N–H and O–H groups in total. The van der Waals surface area contributed by atoms with E-state index in [0.717, 1.165) is 17.7 Å². The van der Waals surface area contributed by atoms with Gasteiger partial charge < -0.3 is 14.8 Å². The normalized spacial score (nSPS) is 18.9. The van der Waals surface area contributed by atoms with Gasteiger partial charge in [0, 0.05) is 31.6 Å². The fourth-order valence-corrected chi connectivity index (χ4v) is 5.46. The molecule has 0 saturated carbocycles. The van der Waals surface area contributed by atoms with Crippen LogP contribution in [0.15, 0.2) is 47.4 Å². The summed E-state index contributed by atoms with van der Waals surface area (Å²) in [6, 6.07) is 10.5. The summed E-state index contributed by atoms with van der Waals surface area (Å²) in [5.74, 6) is -1.85. The van der Waals surface area contributed by atoms with E-state index in [-0.39, 0.29) is 23.5 Å². The standard InChI is InChI=1S/C23H27FN2O5S/c1-16(2)17-3-5-18(6-4-17)25-22(27)20-15-19(7-8-21(20)24)32(28,29)26-11-9-23(10-12-26)30-13-14-31-23/h3-8,15-16H,9-14H2,1-2H3,(H,25,27). The number of carbonyl (C=O) groups excluding carboxylic acids is 1. The molecule has 1 amide bonds. The Hall–Kier alpha value is -2.33. The van der Waals surface area contributed by atoms with Gasteiger partial charge in [-0.2, -0.15) is 4.31 Å². The highest BCUT2D eigenvalue weighted by Crippen LogP contribution is 2.33. The maximum absolute atomic E-state index is 14.4. The number of ether oxygens (including phenoxy) is 2. The number of carbonyl (C=O) groups is 1. The van der Waals surface area contributed by atoms with Crippen LogP contribution in [0.25, 0.3) is 0 Å². The Kier molecular flexibility index (Phi) is 6.35. The summed E-state index contributed by atoms with van der Waals surface area (Å²) >= 11 is 0. The molecule has 2 aliphatic rings. The summed E-state index contributed by atoms with van der Waals surface area (Å²) in [5, 5.41) is 2.64. The molecule has 0 atom stereocenters. The third-order valence-corrected chi connectivity index (χ3v) is 7.85. The summed E-state index contributed by atoms with van der Waals surface area (Å²) in [4.78, 5) is 12.6. The minimum Gasteiger partial charge on any atom is -0.347 e. The van der Waals surface area contributed by atoms with Gasteiger partial charge >= 0.3 is 0 Å². The van der Waals surface area contributed by atoms with Crippen molar-refractivity contribution in [1.82, 2.24) is 4.31 Å². The van der Waals surface area contributed by atoms with Gasteiger partial charge in [0.1, 0.15) is 5.82 Å². The Bertz CT molecular complexity index is 1090. The first-order valence-electron chi connectivity index (χ1n) is 10.7. The molecule has 0 aromatic heterocycles. The van der Waals surface area contributed by atoms with E-state index in [1.807, 2.05) is 12.1 Å². The van der Waals surface area contributed by atoms with Crippen LogP contribution in [0.1, 0.15) is 48.5 Å². The van der Waals surface area contributed by atoms with E-state index in [0.29, 0.717) is 37.7 Å². The molecule has 4 rings (SSSR count). The van der Waals surface area contributed by atoms with Gasteiger partial charge in [-0.25, -0.2) is 12.8 Å². The number of anilines is 1. The molecule has 2 saturated heterocycles. The number of nitrogens with zero attached hydrogens (tertiary/aromatic N) is 1. The van der Waals surface area contributed by atoms with Crippen molar-refractivity contribution in [3.05, 3.63) is 59.4 Å². The second kappa shape index (κ2) is 8.90. The first-order valence-corrected chi connectivity index (χ1v) is 12.1. The monoisotopic (exact) mass is 462 g/mol. The molecule has 2 aromatic carbocycles. The number of piperidine rings is 1. The van der Waals surface area contributed by atoms with Crippen molar-refractivity contribution >= 4 is 21.6 Å². The smallest absolute Gasteiger partial charge is 0.258 e. The number of amides is 1. The highest BCUT2D eigenvalue weighted by Gasteiger charge is 2.42. The molecule has 32 heavy (non-hydrogen) atoms. The van der Waals surface area contributed by atoms with Crippen molar-refractivity contribution in [3.63, 3.8) is 0 Å².